The molecule has 1 aromatic carbocycles. The van der Waals surface area contributed by atoms with Crippen molar-refractivity contribution in [3.05, 3.63) is 63.3 Å². The number of thiophene rings is 1. The lowest BCUT2D eigenvalue weighted by Crippen LogP contribution is -2.28. The van der Waals surface area contributed by atoms with Crippen LogP contribution in [0.3, 0.4) is 0 Å². The van der Waals surface area contributed by atoms with Crippen molar-refractivity contribution in [2.24, 2.45) is 5.10 Å². The van der Waals surface area contributed by atoms with Crippen LogP contribution in [0.1, 0.15) is 4.88 Å². The number of nitrogens with zero attached hydrogens (tertiary/aromatic N) is 5. The number of benzene rings is 1. The van der Waals surface area contributed by atoms with E-state index in [1.54, 1.807) is 40.2 Å². The van der Waals surface area contributed by atoms with Gasteiger partial charge >= 0.3 is 5.56 Å². The van der Waals surface area contributed by atoms with Crippen LogP contribution in [0.5, 0.6) is 0 Å². The molecule has 8 nitrogen and oxygen atoms in total. The molecule has 9 heteroatoms. The Morgan fingerprint density at radius 1 is 1.21 bits per heavy atom. The van der Waals surface area contributed by atoms with Gasteiger partial charge in [0, 0.05) is 12.0 Å². The van der Waals surface area contributed by atoms with E-state index in [2.05, 4.69) is 10.1 Å². The summed E-state index contributed by atoms with van der Waals surface area (Å²) in [5, 5.41) is 7.05. The monoisotopic (exact) mass is 405 g/mol. The third kappa shape index (κ3) is 3.00. The van der Waals surface area contributed by atoms with Crippen molar-refractivity contribution in [2.75, 3.05) is 13.7 Å². The number of ether oxygens (including phenoxy) is 1. The predicted octanol–water partition coefficient (Wildman–Crippen LogP) is 2.30. The first-order valence-corrected chi connectivity index (χ1v) is 9.93. The molecule has 29 heavy (non-hydrogen) atoms. The van der Waals surface area contributed by atoms with Crippen LogP contribution >= 0.6 is 11.3 Å². The highest BCUT2D eigenvalue weighted by molar-refractivity contribution is 7.11. The number of fused-ring (bicyclic) bond motifs is 4. The second-order valence-corrected chi connectivity index (χ2v) is 7.42. The average Bonchev–Trinajstić information content (AvgIpc) is 3.36. The Morgan fingerprint density at radius 2 is 2.03 bits per heavy atom. The van der Waals surface area contributed by atoms with Gasteiger partial charge in [-0.25, -0.2) is 24.3 Å². The van der Waals surface area contributed by atoms with Gasteiger partial charge in [-0.3, -0.25) is 0 Å². The van der Waals surface area contributed by atoms with Crippen molar-refractivity contribution in [2.45, 2.75) is 6.54 Å². The molecule has 0 aliphatic heterocycles. The first-order chi connectivity index (χ1) is 14.3. The normalized spacial score (nSPS) is 12.0. The zero-order valence-electron chi connectivity index (χ0n) is 15.6. The Morgan fingerprint density at radius 3 is 2.79 bits per heavy atom. The quantitative estimate of drug-likeness (QED) is 0.420. The first-order valence-electron chi connectivity index (χ1n) is 9.05. The van der Waals surface area contributed by atoms with E-state index >= 15 is 0 Å². The summed E-state index contributed by atoms with van der Waals surface area (Å²) in [4.78, 5) is 26.9. The van der Waals surface area contributed by atoms with Crippen molar-refractivity contribution >= 4 is 50.8 Å². The van der Waals surface area contributed by atoms with Gasteiger partial charge in [-0.1, -0.05) is 18.2 Å². The summed E-state index contributed by atoms with van der Waals surface area (Å²) in [7, 11) is 1.61. The number of para-hydroxylation sites is 2. The van der Waals surface area contributed by atoms with E-state index in [1.807, 2.05) is 41.8 Å². The molecular weight excluding hydrogens is 388 g/mol. The fourth-order valence-corrected chi connectivity index (χ4v) is 3.83. The molecule has 0 amide bonds. The van der Waals surface area contributed by atoms with Crippen molar-refractivity contribution < 1.29 is 9.72 Å². The molecule has 0 aliphatic rings. The van der Waals surface area contributed by atoms with Crippen LogP contribution in [0.25, 0.3) is 33.2 Å². The second kappa shape index (κ2) is 7.19. The zero-order valence-corrected chi connectivity index (χ0v) is 16.4. The average molecular weight is 405 g/mol. The first kappa shape index (κ1) is 17.7. The molecule has 0 bridgehead atoms. The minimum Gasteiger partial charge on any atom is -0.381 e. The minimum atomic E-state index is -0.157. The van der Waals surface area contributed by atoms with Crippen LogP contribution in [-0.4, -0.2) is 39.1 Å². The predicted molar refractivity (Wildman–Crippen MR) is 113 cm³/mol. The molecule has 0 atom stereocenters. The molecule has 0 fully saturated rings. The molecule has 0 saturated carbocycles. The van der Waals surface area contributed by atoms with Crippen LogP contribution < -0.4 is 10.5 Å². The lowest BCUT2D eigenvalue weighted by atomic mass is 10.3. The molecule has 0 saturated heterocycles. The molecule has 0 spiro atoms. The van der Waals surface area contributed by atoms with E-state index < -0.39 is 0 Å². The third-order valence-electron chi connectivity index (χ3n) is 4.65. The number of rotatable bonds is 5. The van der Waals surface area contributed by atoms with Crippen LogP contribution in [0, 0.1) is 0 Å². The van der Waals surface area contributed by atoms with Crippen LogP contribution in [0.2, 0.25) is 0 Å². The molecule has 1 N–H and O–H groups in total. The highest BCUT2D eigenvalue weighted by Gasteiger charge is 2.24. The second-order valence-electron chi connectivity index (χ2n) is 6.44. The fourth-order valence-electron chi connectivity index (χ4n) is 3.25. The van der Waals surface area contributed by atoms with Crippen molar-refractivity contribution in [3.8, 4) is 0 Å². The highest BCUT2D eigenvalue weighted by Crippen LogP contribution is 2.23. The number of methoxy groups -OCH3 is 1. The van der Waals surface area contributed by atoms with Crippen LogP contribution in [0.4, 0.5) is 0 Å². The number of hydrogen-bond donors (Lipinski definition) is 0. The Kier molecular flexibility index (Phi) is 4.38. The summed E-state index contributed by atoms with van der Waals surface area (Å²) in [5.74, 6) is 0. The van der Waals surface area contributed by atoms with E-state index in [0.717, 1.165) is 15.9 Å². The number of nitrogens with one attached hydrogen (secondary N) is 1. The number of aromatic nitrogens is 5. The van der Waals surface area contributed by atoms with E-state index in [1.165, 1.54) is 0 Å². The summed E-state index contributed by atoms with van der Waals surface area (Å²) < 4.78 is 8.34. The Hall–Kier alpha value is -3.43. The molecule has 0 aliphatic carbocycles. The maximum atomic E-state index is 13.2. The van der Waals surface area contributed by atoms with E-state index in [-0.39, 0.29) is 5.56 Å². The zero-order chi connectivity index (χ0) is 19.8. The Bertz CT molecular complexity index is 1420. The van der Waals surface area contributed by atoms with Gasteiger partial charge in [-0.15, -0.1) is 21.1 Å². The summed E-state index contributed by atoms with van der Waals surface area (Å²) in [5.41, 5.74) is 2.93. The van der Waals surface area contributed by atoms with E-state index in [9.17, 15) is 4.79 Å². The Balaban J connectivity index is 1.84. The van der Waals surface area contributed by atoms with E-state index in [4.69, 9.17) is 14.7 Å². The minimum absolute atomic E-state index is 0.157. The molecule has 5 aromatic rings. The van der Waals surface area contributed by atoms with Gasteiger partial charge in [0.15, 0.2) is 11.7 Å². The Labute approximate surface area is 168 Å². The maximum absolute atomic E-state index is 13.2. The van der Waals surface area contributed by atoms with Crippen molar-refractivity contribution in [3.63, 3.8) is 0 Å². The van der Waals surface area contributed by atoms with Gasteiger partial charge < -0.3 is 4.74 Å². The molecule has 0 unspecified atom stereocenters. The third-order valence-corrected chi connectivity index (χ3v) is 5.46. The molecule has 5 rings (SSSR count). The highest BCUT2D eigenvalue weighted by atomic mass is 32.1. The number of hydrogen-bond acceptors (Lipinski definition) is 6. The molecule has 4 heterocycles. The van der Waals surface area contributed by atoms with Gasteiger partial charge in [0.1, 0.15) is 5.52 Å². The standard InChI is InChI=1S/C20H16N6O2S/c1-28-9-8-25-12-21-18-16(20(25)27)17-19(24-15-7-3-2-6-14(15)23-17)26(18)22-11-13-5-4-10-29-13/h2-7,10-12H,8-9H2,1H3/p+1/b22-11-. The van der Waals surface area contributed by atoms with E-state index in [0.29, 0.717) is 35.3 Å². The topological polar surface area (TPSA) is 88.4 Å². The van der Waals surface area contributed by atoms with Gasteiger partial charge in [0.05, 0.1) is 30.4 Å². The lowest BCUT2D eigenvalue weighted by Gasteiger charge is -1.99. The fraction of sp³-hybridized carbons (Fsp3) is 0.150. The largest absolute Gasteiger partial charge is 0.381 e. The van der Waals surface area contributed by atoms with Gasteiger partial charge in [-0.05, 0) is 23.6 Å². The van der Waals surface area contributed by atoms with Crippen molar-refractivity contribution in [1.29, 1.82) is 0 Å². The van der Waals surface area contributed by atoms with Crippen LogP contribution in [-0.2, 0) is 11.3 Å². The molecular formula is C20H17N6O2S+. The number of H-pyrrole nitrogens is 1. The molecule has 144 valence electrons. The number of aromatic amines is 1. The van der Waals surface area contributed by atoms with Gasteiger partial charge in [0.2, 0.25) is 5.65 Å². The molecule has 0 radical (unpaired) electrons. The SMILES string of the molecule is COCCn1c[nH+]c2c(c1=O)c1nc3ccccc3nc1n2/N=C\c1cccs1. The van der Waals surface area contributed by atoms with Gasteiger partial charge in [-0.2, -0.15) is 0 Å². The lowest BCUT2D eigenvalue weighted by molar-refractivity contribution is -0.357. The summed E-state index contributed by atoms with van der Waals surface area (Å²) in [6.45, 7) is 0.872. The van der Waals surface area contributed by atoms with Crippen molar-refractivity contribution in [1.82, 2.24) is 19.2 Å². The summed E-state index contributed by atoms with van der Waals surface area (Å²) in [6.07, 6.45) is 3.39. The van der Waals surface area contributed by atoms with Gasteiger partial charge in [0.25, 0.3) is 5.65 Å². The molecule has 4 aromatic heterocycles. The maximum Gasteiger partial charge on any atom is 0.322 e. The smallest absolute Gasteiger partial charge is 0.322 e. The summed E-state index contributed by atoms with van der Waals surface area (Å²) in [6, 6.07) is 11.5. The van der Waals surface area contributed by atoms with Crippen LogP contribution in [0.15, 0.2) is 58.0 Å². The summed E-state index contributed by atoms with van der Waals surface area (Å²) >= 11 is 1.58.